The molecule has 0 amide bonds. The number of rotatable bonds is 5. The van der Waals surface area contributed by atoms with E-state index in [0.29, 0.717) is 0 Å². The summed E-state index contributed by atoms with van der Waals surface area (Å²) in [6.45, 7) is 4.53. The van der Waals surface area contributed by atoms with E-state index in [0.717, 1.165) is 0 Å². The van der Waals surface area contributed by atoms with Crippen molar-refractivity contribution in [3.63, 3.8) is 0 Å². The molecule has 1 saturated heterocycles. The minimum absolute atomic E-state index is 0.216. The third-order valence-corrected chi connectivity index (χ3v) is 3.84. The van der Waals surface area contributed by atoms with Crippen LogP contribution in [0.15, 0.2) is 0 Å². The molecule has 1 rings (SSSR count). The third kappa shape index (κ3) is 6.10. The molecule has 0 N–H and O–H groups in total. The molecule has 0 unspecified atom stereocenters. The average molecular weight is 411 g/mol. The van der Waals surface area contributed by atoms with Crippen molar-refractivity contribution in [2.24, 2.45) is 0 Å². The second-order valence-electron chi connectivity index (χ2n) is 5.09. The number of carbonyl (C=O) groups is 4. The van der Waals surface area contributed by atoms with Gasteiger partial charge in [-0.1, -0.05) is 0 Å². The van der Waals surface area contributed by atoms with E-state index in [9.17, 15) is 19.2 Å². The zero-order valence-corrected chi connectivity index (χ0v) is 15.6. The van der Waals surface area contributed by atoms with E-state index in [2.05, 4.69) is 16.0 Å². The maximum atomic E-state index is 11.4. The Bertz CT molecular complexity index is 506. The van der Waals surface area contributed by atoms with Gasteiger partial charge in [0.1, 0.15) is 0 Å². The molecule has 136 valence electrons. The van der Waals surface area contributed by atoms with Gasteiger partial charge in [-0.25, -0.2) is 0 Å². The van der Waals surface area contributed by atoms with Gasteiger partial charge >= 0.3 is 146 Å². The fourth-order valence-corrected chi connectivity index (χ4v) is 3.02. The molecule has 24 heavy (non-hydrogen) atoms. The van der Waals surface area contributed by atoms with Crippen LogP contribution in [0.2, 0.25) is 0 Å². The Balaban J connectivity index is 3.11. The summed E-state index contributed by atoms with van der Waals surface area (Å²) in [7, 11) is 0. The molecule has 0 aromatic carbocycles. The van der Waals surface area contributed by atoms with E-state index in [1.54, 1.807) is 0 Å². The van der Waals surface area contributed by atoms with E-state index in [1.165, 1.54) is 27.7 Å². The van der Waals surface area contributed by atoms with Gasteiger partial charge in [0.25, 0.3) is 0 Å². The quantitative estimate of drug-likeness (QED) is 0.318. The van der Waals surface area contributed by atoms with Gasteiger partial charge in [-0.15, -0.1) is 0 Å². The van der Waals surface area contributed by atoms with Crippen LogP contribution in [0.4, 0.5) is 0 Å². The van der Waals surface area contributed by atoms with E-state index in [-0.39, 0.29) is 6.61 Å². The molecule has 0 spiro atoms. The zero-order chi connectivity index (χ0) is 18.4. The number of hydrogen-bond donors (Lipinski definition) is 0. The Labute approximate surface area is 147 Å². The van der Waals surface area contributed by atoms with Crippen LogP contribution in [0.1, 0.15) is 27.7 Å². The Morgan fingerprint density at radius 1 is 0.792 bits per heavy atom. The van der Waals surface area contributed by atoms with Gasteiger partial charge in [0.2, 0.25) is 0 Å². The van der Waals surface area contributed by atoms with E-state index in [1.807, 2.05) is 0 Å². The molecule has 0 saturated carbocycles. The summed E-state index contributed by atoms with van der Waals surface area (Å²) in [6.07, 6.45) is -4.08. The summed E-state index contributed by atoms with van der Waals surface area (Å²) in [5.74, 6) is -2.47. The molecule has 1 aliphatic heterocycles. The topological polar surface area (TPSA) is 114 Å². The molecule has 9 nitrogen and oxygen atoms in total. The van der Waals surface area contributed by atoms with Gasteiger partial charge in [-0.2, -0.15) is 0 Å². The Hall–Kier alpha value is -1.64. The Morgan fingerprint density at radius 2 is 1.25 bits per heavy atom. The Morgan fingerprint density at radius 3 is 1.71 bits per heavy atom. The molecule has 1 heterocycles. The third-order valence-electron chi connectivity index (χ3n) is 2.97. The molecule has 10 heteroatoms. The average Bonchev–Trinajstić information content (AvgIpc) is 2.42. The van der Waals surface area contributed by atoms with Crippen molar-refractivity contribution in [2.75, 3.05) is 6.61 Å². The van der Waals surface area contributed by atoms with Crippen molar-refractivity contribution in [3.8, 4) is 0 Å². The first kappa shape index (κ1) is 20.4. The predicted octanol–water partition coefficient (Wildman–Crippen LogP) is -1.03. The Kier molecular flexibility index (Phi) is 7.65. The molecule has 0 aliphatic carbocycles. The van der Waals surface area contributed by atoms with Gasteiger partial charge < -0.3 is 0 Å². The predicted molar refractivity (Wildman–Crippen MR) is 79.1 cm³/mol. The number of carbonyl (C=O) groups excluding carboxylic acids is 4. The van der Waals surface area contributed by atoms with Crippen LogP contribution in [-0.2, 0) is 42.9 Å². The molecule has 1 aliphatic rings. The fraction of sp³-hybridized carbons (Fsp3) is 0.714. The first-order valence-electron chi connectivity index (χ1n) is 7.10. The van der Waals surface area contributed by atoms with Crippen LogP contribution in [0, 0.1) is 0 Å². The van der Waals surface area contributed by atoms with Gasteiger partial charge in [-0.05, 0) is 0 Å². The molecule has 0 bridgehead atoms. The summed E-state index contributed by atoms with van der Waals surface area (Å²) in [5.41, 5.74) is 0. The van der Waals surface area contributed by atoms with E-state index < -0.39 is 53.3 Å². The molecule has 0 radical (unpaired) electrons. The summed E-state index contributed by atoms with van der Waals surface area (Å²) < 4.78 is 26.1. The van der Waals surface area contributed by atoms with Gasteiger partial charge in [0.15, 0.2) is 0 Å². The standard InChI is InChI=1S/C14H20O9Se/c1-6(15)19-5-10-11(20-7(2)16)12(21-8(3)17)13(14(24)23-10)22-9(4)18/h10-14,24H,5H2,1-4H3/t10-,11+,12+,13-,14+/m0/s1. The molecule has 0 aromatic rings. The SMILES string of the molecule is CC(=O)OC[C@@H]1O[C@H]([SeH])[C@@H](OC(C)=O)[C@H](OC(C)=O)[C@@H]1OC(C)=O. The summed E-state index contributed by atoms with van der Waals surface area (Å²) in [4.78, 5) is 45.2. The van der Waals surface area contributed by atoms with Crippen LogP contribution in [0.25, 0.3) is 0 Å². The van der Waals surface area contributed by atoms with Crippen molar-refractivity contribution in [3.05, 3.63) is 0 Å². The van der Waals surface area contributed by atoms with Gasteiger partial charge in [0, 0.05) is 0 Å². The number of ether oxygens (including phenoxy) is 5. The zero-order valence-electron chi connectivity index (χ0n) is 13.7. The van der Waals surface area contributed by atoms with Crippen LogP contribution >= 0.6 is 0 Å². The molecular formula is C14H20O9Se. The second-order valence-corrected chi connectivity index (χ2v) is 6.16. The van der Waals surface area contributed by atoms with Crippen LogP contribution in [-0.4, -0.2) is 75.9 Å². The number of esters is 4. The van der Waals surface area contributed by atoms with Crippen LogP contribution < -0.4 is 0 Å². The summed E-state index contributed by atoms with van der Waals surface area (Å²) in [5, 5.41) is -0.738. The minimum atomic E-state index is -1.10. The molecule has 5 atom stereocenters. The monoisotopic (exact) mass is 412 g/mol. The van der Waals surface area contributed by atoms with Crippen molar-refractivity contribution >= 4 is 39.9 Å². The first-order valence-corrected chi connectivity index (χ1v) is 8.18. The van der Waals surface area contributed by atoms with Gasteiger partial charge in [0.05, 0.1) is 0 Å². The van der Waals surface area contributed by atoms with Crippen LogP contribution in [0.3, 0.4) is 0 Å². The molecule has 1 fully saturated rings. The number of hydrogen-bond acceptors (Lipinski definition) is 9. The van der Waals surface area contributed by atoms with Crippen molar-refractivity contribution in [1.29, 1.82) is 0 Å². The second kappa shape index (κ2) is 9.00. The summed E-state index contributed by atoms with van der Waals surface area (Å²) >= 11 is 2.13. The summed E-state index contributed by atoms with van der Waals surface area (Å²) in [6, 6.07) is 0. The van der Waals surface area contributed by atoms with Crippen LogP contribution in [0.5, 0.6) is 0 Å². The van der Waals surface area contributed by atoms with Crippen molar-refractivity contribution < 1.29 is 42.9 Å². The normalized spacial score (nSPS) is 29.3. The van der Waals surface area contributed by atoms with Gasteiger partial charge in [-0.3, -0.25) is 0 Å². The van der Waals surface area contributed by atoms with Crippen molar-refractivity contribution in [2.45, 2.75) is 57.1 Å². The molecular weight excluding hydrogens is 391 g/mol. The maximum absolute atomic E-state index is 11.4. The molecule has 0 aromatic heterocycles. The fourth-order valence-electron chi connectivity index (χ4n) is 2.21. The first-order chi connectivity index (χ1) is 11.1. The van der Waals surface area contributed by atoms with E-state index >= 15 is 0 Å². The van der Waals surface area contributed by atoms with Crippen molar-refractivity contribution in [1.82, 2.24) is 0 Å². The van der Waals surface area contributed by atoms with E-state index in [4.69, 9.17) is 23.7 Å².